The maximum Gasteiger partial charge on any atom is 0.0731 e. The van der Waals surface area contributed by atoms with Gasteiger partial charge in [0.2, 0.25) is 0 Å². The molecule has 2 aliphatic carbocycles. The summed E-state index contributed by atoms with van der Waals surface area (Å²) in [5.41, 5.74) is 21.6. The van der Waals surface area contributed by atoms with Gasteiger partial charge in [-0.3, -0.25) is 0 Å². The number of benzene rings is 9. The molecule has 0 saturated carbocycles. The number of para-hydroxylation sites is 2. The van der Waals surface area contributed by atoms with Gasteiger partial charge in [0.05, 0.1) is 16.8 Å². The number of nitrogen functional groups attached to an aromatic ring is 1. The second kappa shape index (κ2) is 13.0. The SMILES string of the molecule is CCCC.Nc1ccccc1Nc1ccc(-c2ccc3cc4c(cc3c2)C2(c3ccccc3-c3ccccc32)c2c-4c3ccccc3c3ccccc23)cc1. The van der Waals surface area contributed by atoms with Crippen LogP contribution in [0, 0.1) is 0 Å². The second-order valence-corrected chi connectivity index (χ2v) is 14.9. The molecule has 0 heterocycles. The van der Waals surface area contributed by atoms with E-state index in [0.717, 1.165) is 17.1 Å². The fourth-order valence-corrected chi connectivity index (χ4v) is 9.25. The van der Waals surface area contributed by atoms with Crippen molar-refractivity contribution >= 4 is 49.4 Å². The van der Waals surface area contributed by atoms with Crippen LogP contribution in [0.5, 0.6) is 0 Å². The molecule has 0 radical (unpaired) electrons. The number of fused-ring (bicyclic) bond motifs is 16. The van der Waals surface area contributed by atoms with Crippen LogP contribution in [0.1, 0.15) is 48.9 Å². The van der Waals surface area contributed by atoms with E-state index < -0.39 is 5.41 Å². The van der Waals surface area contributed by atoms with Crippen molar-refractivity contribution < 1.29 is 0 Å². The Morgan fingerprint density at radius 1 is 0.455 bits per heavy atom. The van der Waals surface area contributed by atoms with Gasteiger partial charge in [0, 0.05) is 5.69 Å². The molecule has 11 rings (SSSR count). The predicted molar refractivity (Wildman–Crippen MR) is 235 cm³/mol. The van der Waals surface area contributed by atoms with Crippen LogP contribution in [-0.2, 0) is 5.41 Å². The molecule has 0 saturated heterocycles. The average Bonchev–Trinajstić information content (AvgIpc) is 3.71. The molecule has 2 heteroatoms. The van der Waals surface area contributed by atoms with Crippen LogP contribution in [0.2, 0.25) is 0 Å². The highest BCUT2D eigenvalue weighted by Crippen LogP contribution is 2.65. The minimum atomic E-state index is -0.446. The summed E-state index contributed by atoms with van der Waals surface area (Å²) in [5, 5.41) is 11.2. The Hall–Kier alpha value is -6.64. The summed E-state index contributed by atoms with van der Waals surface area (Å²) in [6.45, 7) is 4.36. The first-order chi connectivity index (χ1) is 27.1. The summed E-state index contributed by atoms with van der Waals surface area (Å²) in [6, 6.07) is 64.6. The Labute approximate surface area is 322 Å². The standard InChI is InChI=1S/C49H32N2.C4H10/c50-45-19-9-10-20-46(45)51-34-25-23-30(24-26-34)31-21-22-32-28-41-44(29-33(32)27-31)49(42-17-7-5-13-37(42)38-14-6-8-18-43(38)49)48-40-16-4-2-12-36(40)35-11-1-3-15-39(35)47(41)48;1-3-4-2/h1-29,51H,50H2;3-4H2,1-2H3. The van der Waals surface area contributed by atoms with Gasteiger partial charge < -0.3 is 11.1 Å². The molecule has 9 aromatic carbocycles. The van der Waals surface area contributed by atoms with Crippen molar-refractivity contribution in [1.29, 1.82) is 0 Å². The first-order valence-electron chi connectivity index (χ1n) is 19.6. The topological polar surface area (TPSA) is 38.0 Å². The normalized spacial score (nSPS) is 12.9. The molecule has 9 aromatic rings. The Morgan fingerprint density at radius 3 is 1.69 bits per heavy atom. The molecular formula is C53H42N2. The first-order valence-corrected chi connectivity index (χ1v) is 19.6. The minimum Gasteiger partial charge on any atom is -0.397 e. The van der Waals surface area contributed by atoms with E-state index in [0.29, 0.717) is 0 Å². The highest BCUT2D eigenvalue weighted by Gasteiger charge is 2.53. The van der Waals surface area contributed by atoms with Gasteiger partial charge in [-0.1, -0.05) is 160 Å². The third-order valence-corrected chi connectivity index (χ3v) is 11.9. The van der Waals surface area contributed by atoms with E-state index in [1.807, 2.05) is 24.3 Å². The molecule has 0 amide bonds. The summed E-state index contributed by atoms with van der Waals surface area (Å²) >= 11 is 0. The van der Waals surface area contributed by atoms with E-state index in [1.165, 1.54) is 101 Å². The summed E-state index contributed by atoms with van der Waals surface area (Å²) < 4.78 is 0. The van der Waals surface area contributed by atoms with Gasteiger partial charge in [0.15, 0.2) is 0 Å². The summed E-state index contributed by atoms with van der Waals surface area (Å²) in [6.07, 6.45) is 2.64. The van der Waals surface area contributed by atoms with Crippen molar-refractivity contribution in [1.82, 2.24) is 0 Å². The minimum absolute atomic E-state index is 0.446. The summed E-state index contributed by atoms with van der Waals surface area (Å²) in [5.74, 6) is 0. The fourth-order valence-electron chi connectivity index (χ4n) is 9.25. The van der Waals surface area contributed by atoms with Crippen molar-refractivity contribution in [3.8, 4) is 33.4 Å². The van der Waals surface area contributed by atoms with Gasteiger partial charge in [-0.2, -0.15) is 0 Å². The van der Waals surface area contributed by atoms with Gasteiger partial charge in [0.1, 0.15) is 0 Å². The van der Waals surface area contributed by atoms with Gasteiger partial charge in [-0.25, -0.2) is 0 Å². The zero-order valence-corrected chi connectivity index (χ0v) is 31.2. The van der Waals surface area contributed by atoms with Crippen molar-refractivity contribution in [2.24, 2.45) is 0 Å². The lowest BCUT2D eigenvalue weighted by Gasteiger charge is -2.32. The molecule has 3 N–H and O–H groups in total. The van der Waals surface area contributed by atoms with E-state index in [2.05, 4.69) is 171 Å². The number of hydrogen-bond acceptors (Lipinski definition) is 2. The van der Waals surface area contributed by atoms with E-state index in [1.54, 1.807) is 0 Å². The molecule has 0 aliphatic heterocycles. The molecule has 2 nitrogen and oxygen atoms in total. The third-order valence-electron chi connectivity index (χ3n) is 11.9. The smallest absolute Gasteiger partial charge is 0.0731 e. The van der Waals surface area contributed by atoms with Gasteiger partial charge in [-0.15, -0.1) is 0 Å². The molecule has 0 unspecified atom stereocenters. The maximum absolute atomic E-state index is 6.20. The quantitative estimate of drug-likeness (QED) is 0.141. The number of hydrogen-bond donors (Lipinski definition) is 2. The molecule has 0 aromatic heterocycles. The van der Waals surface area contributed by atoms with E-state index in [4.69, 9.17) is 5.73 Å². The van der Waals surface area contributed by atoms with E-state index in [9.17, 15) is 0 Å². The van der Waals surface area contributed by atoms with Crippen LogP contribution in [0.4, 0.5) is 17.1 Å². The molecule has 2 aliphatic rings. The number of nitrogens with two attached hydrogens (primary N) is 1. The van der Waals surface area contributed by atoms with Crippen LogP contribution in [0.15, 0.2) is 176 Å². The van der Waals surface area contributed by atoms with Gasteiger partial charge in [-0.05, 0) is 130 Å². The molecule has 0 bridgehead atoms. The van der Waals surface area contributed by atoms with Gasteiger partial charge >= 0.3 is 0 Å². The predicted octanol–water partition coefficient (Wildman–Crippen LogP) is 14.3. The van der Waals surface area contributed by atoms with Crippen molar-refractivity contribution in [3.05, 3.63) is 198 Å². The van der Waals surface area contributed by atoms with Crippen molar-refractivity contribution in [2.45, 2.75) is 32.1 Å². The van der Waals surface area contributed by atoms with Crippen LogP contribution in [0.3, 0.4) is 0 Å². The maximum atomic E-state index is 6.20. The van der Waals surface area contributed by atoms with Gasteiger partial charge in [0.25, 0.3) is 0 Å². The molecule has 55 heavy (non-hydrogen) atoms. The molecular weight excluding hydrogens is 665 g/mol. The lowest BCUT2D eigenvalue weighted by atomic mass is 9.69. The Kier molecular flexibility index (Phi) is 7.81. The highest BCUT2D eigenvalue weighted by molar-refractivity contribution is 6.20. The average molecular weight is 707 g/mol. The monoisotopic (exact) mass is 706 g/mol. The number of nitrogens with one attached hydrogen (secondary N) is 1. The summed E-state index contributed by atoms with van der Waals surface area (Å²) in [4.78, 5) is 0. The zero-order chi connectivity index (χ0) is 37.1. The first kappa shape index (κ1) is 33.0. The molecule has 0 fully saturated rings. The van der Waals surface area contributed by atoms with Crippen LogP contribution in [-0.4, -0.2) is 0 Å². The van der Waals surface area contributed by atoms with Crippen LogP contribution in [0.25, 0.3) is 65.7 Å². The third kappa shape index (κ3) is 4.95. The lowest BCUT2D eigenvalue weighted by molar-refractivity contribution is 0.803. The second-order valence-electron chi connectivity index (χ2n) is 14.9. The Balaban J connectivity index is 0.000000891. The molecule has 0 atom stereocenters. The molecule has 1 spiro atoms. The highest BCUT2D eigenvalue weighted by atomic mass is 14.9. The summed E-state index contributed by atoms with van der Waals surface area (Å²) in [7, 11) is 0. The molecule has 264 valence electrons. The fraction of sp³-hybridized carbons (Fsp3) is 0.0943. The number of unbranched alkanes of at least 4 members (excludes halogenated alkanes) is 1. The van der Waals surface area contributed by atoms with Crippen molar-refractivity contribution in [2.75, 3.05) is 11.1 Å². The number of rotatable bonds is 4. The van der Waals surface area contributed by atoms with Crippen molar-refractivity contribution in [3.63, 3.8) is 0 Å². The lowest BCUT2D eigenvalue weighted by Crippen LogP contribution is -2.26. The van der Waals surface area contributed by atoms with E-state index in [-0.39, 0.29) is 0 Å². The largest absolute Gasteiger partial charge is 0.397 e. The Bertz CT molecular complexity index is 2890. The zero-order valence-electron chi connectivity index (χ0n) is 31.2. The van der Waals surface area contributed by atoms with Crippen LogP contribution < -0.4 is 11.1 Å². The number of anilines is 3. The Morgan fingerprint density at radius 2 is 1.02 bits per heavy atom. The van der Waals surface area contributed by atoms with E-state index >= 15 is 0 Å². The van der Waals surface area contributed by atoms with Crippen LogP contribution >= 0.6 is 0 Å².